The molecule has 2 unspecified atom stereocenters. The quantitative estimate of drug-likeness (QED) is 0.786. The van der Waals surface area contributed by atoms with Crippen LogP contribution in [0.15, 0.2) is 0 Å². The highest BCUT2D eigenvalue weighted by Gasteiger charge is 2.35. The number of nitrogens with zero attached hydrogens (tertiary/aromatic N) is 1. The van der Waals surface area contributed by atoms with Crippen LogP contribution in [0.1, 0.15) is 40.5 Å². The number of nitrogens with two attached hydrogens (primary N) is 1. The van der Waals surface area contributed by atoms with E-state index in [0.717, 1.165) is 25.9 Å². The summed E-state index contributed by atoms with van der Waals surface area (Å²) in [6.07, 6.45) is 1.88. The van der Waals surface area contributed by atoms with Crippen LogP contribution in [0.5, 0.6) is 0 Å². The molecule has 0 aromatic carbocycles. The van der Waals surface area contributed by atoms with Gasteiger partial charge in [0.1, 0.15) is 0 Å². The molecule has 1 saturated heterocycles. The number of ether oxygens (including phenoxy) is 1. The van der Waals surface area contributed by atoms with Crippen LogP contribution < -0.4 is 5.73 Å². The van der Waals surface area contributed by atoms with Gasteiger partial charge in [0, 0.05) is 19.7 Å². The number of hydrogen-bond acceptors (Lipinski definition) is 3. The Labute approximate surface area is 111 Å². The molecule has 0 bridgehead atoms. The minimum absolute atomic E-state index is 0.0203. The first kappa shape index (κ1) is 15.4. The Bertz CT molecular complexity index is 279. The van der Waals surface area contributed by atoms with Gasteiger partial charge in [-0.3, -0.25) is 4.79 Å². The van der Waals surface area contributed by atoms with E-state index in [2.05, 4.69) is 20.8 Å². The van der Waals surface area contributed by atoms with Gasteiger partial charge in [-0.25, -0.2) is 0 Å². The molecule has 0 aliphatic carbocycles. The number of rotatable bonds is 6. The molecular formula is C14H28N2O2. The first-order valence-electron chi connectivity index (χ1n) is 7.01. The van der Waals surface area contributed by atoms with Crippen LogP contribution in [0.4, 0.5) is 0 Å². The molecule has 4 nitrogen and oxygen atoms in total. The van der Waals surface area contributed by atoms with Crippen LogP contribution in [0.25, 0.3) is 0 Å². The molecule has 106 valence electrons. The highest BCUT2D eigenvalue weighted by molar-refractivity contribution is 5.79. The van der Waals surface area contributed by atoms with Crippen molar-refractivity contribution in [3.63, 3.8) is 0 Å². The number of hydrogen-bond donors (Lipinski definition) is 1. The summed E-state index contributed by atoms with van der Waals surface area (Å²) in [6, 6.07) is 0. The van der Waals surface area contributed by atoms with Crippen molar-refractivity contribution < 1.29 is 9.53 Å². The molecule has 1 fully saturated rings. The zero-order valence-electron chi connectivity index (χ0n) is 12.2. The van der Waals surface area contributed by atoms with Gasteiger partial charge in [-0.15, -0.1) is 0 Å². The molecule has 1 heterocycles. The topological polar surface area (TPSA) is 55.6 Å². The predicted molar refractivity (Wildman–Crippen MR) is 73.2 cm³/mol. The molecule has 1 aliphatic heterocycles. The fourth-order valence-electron chi connectivity index (χ4n) is 2.41. The van der Waals surface area contributed by atoms with Gasteiger partial charge in [-0.05, 0) is 31.7 Å². The molecule has 1 aliphatic rings. The zero-order chi connectivity index (χ0) is 13.8. The maximum absolute atomic E-state index is 12.5. The molecule has 4 heteroatoms. The Kier molecular flexibility index (Phi) is 5.60. The average Bonchev–Trinajstić information content (AvgIpc) is 2.74. The van der Waals surface area contributed by atoms with Crippen LogP contribution in [-0.4, -0.2) is 43.2 Å². The Morgan fingerprint density at radius 3 is 2.61 bits per heavy atom. The average molecular weight is 256 g/mol. The fraction of sp³-hybridized carbons (Fsp3) is 0.929. The Morgan fingerprint density at radius 1 is 1.50 bits per heavy atom. The summed E-state index contributed by atoms with van der Waals surface area (Å²) in [5.41, 5.74) is 5.75. The minimum atomic E-state index is -0.0203. The molecule has 0 radical (unpaired) electrons. The highest BCUT2D eigenvalue weighted by Crippen LogP contribution is 2.25. The van der Waals surface area contributed by atoms with Crippen molar-refractivity contribution in [2.45, 2.75) is 46.6 Å². The van der Waals surface area contributed by atoms with E-state index in [9.17, 15) is 4.79 Å². The van der Waals surface area contributed by atoms with E-state index in [4.69, 9.17) is 10.5 Å². The van der Waals surface area contributed by atoms with Crippen LogP contribution in [0, 0.1) is 11.3 Å². The molecule has 1 rings (SSSR count). The summed E-state index contributed by atoms with van der Waals surface area (Å²) >= 11 is 0. The van der Waals surface area contributed by atoms with E-state index in [1.807, 2.05) is 11.8 Å². The second kappa shape index (κ2) is 6.53. The second-order valence-electron chi connectivity index (χ2n) is 6.10. The van der Waals surface area contributed by atoms with Crippen molar-refractivity contribution in [1.82, 2.24) is 4.90 Å². The van der Waals surface area contributed by atoms with E-state index in [1.165, 1.54) is 0 Å². The summed E-state index contributed by atoms with van der Waals surface area (Å²) in [7, 11) is 0. The maximum atomic E-state index is 12.5. The standard InChI is InChI=1S/C14H28N2O2/c1-5-7-16(10-14(3,4)9-15)13(17)12-6-8-18-11(12)2/h11-12H,5-10,15H2,1-4H3. The smallest absolute Gasteiger partial charge is 0.228 e. The van der Waals surface area contributed by atoms with Gasteiger partial charge in [0.25, 0.3) is 0 Å². The second-order valence-corrected chi connectivity index (χ2v) is 6.10. The van der Waals surface area contributed by atoms with E-state index in [0.29, 0.717) is 13.2 Å². The highest BCUT2D eigenvalue weighted by atomic mass is 16.5. The third kappa shape index (κ3) is 3.95. The summed E-state index contributed by atoms with van der Waals surface area (Å²) in [4.78, 5) is 14.5. The summed E-state index contributed by atoms with van der Waals surface area (Å²) in [6.45, 7) is 11.2. The summed E-state index contributed by atoms with van der Waals surface area (Å²) in [5.74, 6) is 0.272. The fourth-order valence-corrected chi connectivity index (χ4v) is 2.41. The molecule has 0 aromatic rings. The Hall–Kier alpha value is -0.610. The van der Waals surface area contributed by atoms with Crippen LogP contribution in [0.2, 0.25) is 0 Å². The SMILES string of the molecule is CCCN(CC(C)(C)CN)C(=O)C1CCOC1C. The van der Waals surface area contributed by atoms with Crippen molar-refractivity contribution in [1.29, 1.82) is 0 Å². The van der Waals surface area contributed by atoms with Gasteiger partial charge in [-0.1, -0.05) is 20.8 Å². The van der Waals surface area contributed by atoms with Gasteiger partial charge in [0.2, 0.25) is 5.91 Å². The molecule has 1 amide bonds. The molecule has 0 saturated carbocycles. The van der Waals surface area contributed by atoms with Crippen molar-refractivity contribution in [2.75, 3.05) is 26.2 Å². The van der Waals surface area contributed by atoms with Gasteiger partial charge >= 0.3 is 0 Å². The van der Waals surface area contributed by atoms with E-state index < -0.39 is 0 Å². The molecule has 18 heavy (non-hydrogen) atoms. The third-order valence-corrected chi connectivity index (χ3v) is 3.67. The zero-order valence-corrected chi connectivity index (χ0v) is 12.2. The van der Waals surface area contributed by atoms with Crippen molar-refractivity contribution in [3.8, 4) is 0 Å². The lowest BCUT2D eigenvalue weighted by Gasteiger charge is -2.33. The van der Waals surface area contributed by atoms with E-state index >= 15 is 0 Å². The number of amides is 1. The lowest BCUT2D eigenvalue weighted by molar-refractivity contribution is -0.138. The van der Waals surface area contributed by atoms with Crippen LogP contribution >= 0.6 is 0 Å². The first-order chi connectivity index (χ1) is 8.41. The first-order valence-corrected chi connectivity index (χ1v) is 7.01. The predicted octanol–water partition coefficient (Wildman–Crippen LogP) is 1.63. The maximum Gasteiger partial charge on any atom is 0.228 e. The van der Waals surface area contributed by atoms with Gasteiger partial charge < -0.3 is 15.4 Å². The normalized spacial score (nSPS) is 24.3. The number of carbonyl (C=O) groups is 1. The van der Waals surface area contributed by atoms with Crippen molar-refractivity contribution >= 4 is 5.91 Å². The minimum Gasteiger partial charge on any atom is -0.378 e. The van der Waals surface area contributed by atoms with Crippen molar-refractivity contribution in [2.24, 2.45) is 17.1 Å². The van der Waals surface area contributed by atoms with Gasteiger partial charge in [0.15, 0.2) is 0 Å². The molecule has 2 N–H and O–H groups in total. The monoisotopic (exact) mass is 256 g/mol. The largest absolute Gasteiger partial charge is 0.378 e. The summed E-state index contributed by atoms with van der Waals surface area (Å²) < 4.78 is 5.50. The van der Waals surface area contributed by atoms with Gasteiger partial charge in [-0.2, -0.15) is 0 Å². The molecule has 2 atom stereocenters. The van der Waals surface area contributed by atoms with Crippen LogP contribution in [0.3, 0.4) is 0 Å². The van der Waals surface area contributed by atoms with E-state index in [1.54, 1.807) is 0 Å². The number of carbonyl (C=O) groups excluding carboxylic acids is 1. The molecule has 0 aromatic heterocycles. The lowest BCUT2D eigenvalue weighted by atomic mass is 9.91. The van der Waals surface area contributed by atoms with E-state index in [-0.39, 0.29) is 23.3 Å². The lowest BCUT2D eigenvalue weighted by Crippen LogP contribution is -2.45. The Morgan fingerprint density at radius 2 is 2.17 bits per heavy atom. The molecule has 0 spiro atoms. The molecular weight excluding hydrogens is 228 g/mol. The summed E-state index contributed by atoms with van der Waals surface area (Å²) in [5, 5.41) is 0. The third-order valence-electron chi connectivity index (χ3n) is 3.67. The van der Waals surface area contributed by atoms with Gasteiger partial charge in [0.05, 0.1) is 12.0 Å². The van der Waals surface area contributed by atoms with Crippen LogP contribution in [-0.2, 0) is 9.53 Å². The Balaban J connectivity index is 2.68. The van der Waals surface area contributed by atoms with Crippen molar-refractivity contribution in [3.05, 3.63) is 0 Å².